The summed E-state index contributed by atoms with van der Waals surface area (Å²) in [6.07, 6.45) is 5.85. The maximum Gasteiger partial charge on any atom is 0.278 e. The van der Waals surface area contributed by atoms with Gasteiger partial charge >= 0.3 is 0 Å². The number of rotatable bonds is 6. The Balaban J connectivity index is 1.64. The fraction of sp³-hybridized carbons (Fsp3) is 0.286. The van der Waals surface area contributed by atoms with Gasteiger partial charge in [0.2, 0.25) is 10.0 Å². The number of pyridine rings is 1. The molecule has 9 heteroatoms. The molecule has 1 N–H and O–H groups in total. The predicted octanol–water partition coefficient (Wildman–Crippen LogP) is 3.93. The van der Waals surface area contributed by atoms with Crippen LogP contribution in [-0.4, -0.2) is 35.7 Å². The van der Waals surface area contributed by atoms with Gasteiger partial charge in [-0.05, 0) is 36.6 Å². The molecule has 4 rings (SSSR count). The number of aromatic nitrogens is 1. The minimum absolute atomic E-state index is 0.0169. The Kier molecular flexibility index (Phi) is 5.65. The first-order chi connectivity index (χ1) is 14.5. The Labute approximate surface area is 174 Å². The number of hydrogen-bond donors (Lipinski definition) is 1. The van der Waals surface area contributed by atoms with Crippen LogP contribution in [0.25, 0.3) is 10.8 Å². The van der Waals surface area contributed by atoms with Crippen molar-refractivity contribution < 1.29 is 13.3 Å². The van der Waals surface area contributed by atoms with E-state index >= 15 is 0 Å². The lowest BCUT2D eigenvalue weighted by atomic mass is 10.1. The number of piperidine rings is 1. The van der Waals surface area contributed by atoms with Gasteiger partial charge in [-0.2, -0.15) is 4.31 Å². The highest BCUT2D eigenvalue weighted by molar-refractivity contribution is 7.89. The average molecular weight is 426 g/mol. The SMILES string of the molecule is O=[N+]([O-])c1ccc(NCc2ccccc2S(=O)(=O)N2CCCCC2)c2ccncc12. The molecule has 3 aromatic rings. The number of nitrogens with one attached hydrogen (secondary N) is 1. The van der Waals surface area contributed by atoms with Crippen LogP contribution in [0.4, 0.5) is 11.4 Å². The lowest BCUT2D eigenvalue weighted by molar-refractivity contribution is -0.383. The summed E-state index contributed by atoms with van der Waals surface area (Å²) in [5.74, 6) is 0. The first-order valence-corrected chi connectivity index (χ1v) is 11.3. The second-order valence-electron chi connectivity index (χ2n) is 7.24. The molecule has 0 unspecified atom stereocenters. The summed E-state index contributed by atoms with van der Waals surface area (Å²) < 4.78 is 27.9. The van der Waals surface area contributed by atoms with Crippen molar-refractivity contribution in [3.63, 3.8) is 0 Å². The smallest absolute Gasteiger partial charge is 0.278 e. The lowest BCUT2D eigenvalue weighted by Crippen LogP contribution is -2.36. The molecule has 0 spiro atoms. The first kappa shape index (κ1) is 20.2. The number of benzene rings is 2. The van der Waals surface area contributed by atoms with E-state index in [1.807, 2.05) is 6.07 Å². The van der Waals surface area contributed by atoms with Crippen LogP contribution in [0.5, 0.6) is 0 Å². The quantitative estimate of drug-likeness (QED) is 0.473. The van der Waals surface area contributed by atoms with E-state index in [1.54, 1.807) is 40.8 Å². The van der Waals surface area contributed by atoms with Crippen molar-refractivity contribution in [1.29, 1.82) is 0 Å². The van der Waals surface area contributed by atoms with Crippen molar-refractivity contribution in [2.75, 3.05) is 18.4 Å². The molecule has 2 heterocycles. The van der Waals surface area contributed by atoms with Crippen LogP contribution in [0.1, 0.15) is 24.8 Å². The Bertz CT molecular complexity index is 1190. The zero-order chi connectivity index (χ0) is 21.1. The van der Waals surface area contributed by atoms with Crippen LogP contribution in [0.15, 0.2) is 59.8 Å². The third kappa shape index (κ3) is 3.86. The standard InChI is InChI=1S/C21H22N4O4S/c26-25(27)20-9-8-19(17-10-11-22-15-18(17)20)23-14-16-6-2-3-7-21(16)30(28,29)24-12-4-1-5-13-24/h2-3,6-11,15,23H,1,4-5,12-14H2. The van der Waals surface area contributed by atoms with Gasteiger partial charge < -0.3 is 5.32 Å². The van der Waals surface area contributed by atoms with E-state index in [9.17, 15) is 18.5 Å². The number of anilines is 1. The molecule has 1 saturated heterocycles. The monoisotopic (exact) mass is 426 g/mol. The fourth-order valence-corrected chi connectivity index (χ4v) is 5.56. The first-order valence-electron chi connectivity index (χ1n) is 9.81. The molecule has 0 saturated carbocycles. The van der Waals surface area contributed by atoms with Crippen LogP contribution < -0.4 is 5.32 Å². The van der Waals surface area contributed by atoms with E-state index < -0.39 is 14.9 Å². The summed E-state index contributed by atoms with van der Waals surface area (Å²) in [5.41, 5.74) is 1.32. The number of hydrogen-bond acceptors (Lipinski definition) is 6. The number of fused-ring (bicyclic) bond motifs is 1. The zero-order valence-corrected chi connectivity index (χ0v) is 17.1. The van der Waals surface area contributed by atoms with Crippen LogP contribution in [0, 0.1) is 10.1 Å². The molecule has 8 nitrogen and oxygen atoms in total. The van der Waals surface area contributed by atoms with Gasteiger partial charge in [0.1, 0.15) is 0 Å². The molecular formula is C21H22N4O4S. The number of nitrogens with zero attached hydrogens (tertiary/aromatic N) is 3. The summed E-state index contributed by atoms with van der Waals surface area (Å²) in [5, 5.41) is 15.6. The highest BCUT2D eigenvalue weighted by Crippen LogP contribution is 2.31. The number of non-ortho nitro benzene ring substituents is 1. The summed E-state index contributed by atoms with van der Waals surface area (Å²) in [7, 11) is -3.56. The number of nitro groups is 1. The Hall–Kier alpha value is -3.04. The molecule has 2 aromatic carbocycles. The van der Waals surface area contributed by atoms with Gasteiger partial charge in [-0.15, -0.1) is 0 Å². The molecule has 1 aromatic heterocycles. The molecule has 156 valence electrons. The lowest BCUT2D eigenvalue weighted by Gasteiger charge is -2.27. The highest BCUT2D eigenvalue weighted by Gasteiger charge is 2.27. The van der Waals surface area contributed by atoms with E-state index in [0.717, 1.165) is 19.3 Å². The third-order valence-corrected chi connectivity index (χ3v) is 7.37. The van der Waals surface area contributed by atoms with E-state index in [-0.39, 0.29) is 12.2 Å². The van der Waals surface area contributed by atoms with Crippen LogP contribution >= 0.6 is 0 Å². The average Bonchev–Trinajstić information content (AvgIpc) is 2.78. The second kappa shape index (κ2) is 8.37. The van der Waals surface area contributed by atoms with Gasteiger partial charge in [-0.1, -0.05) is 24.6 Å². The molecule has 0 amide bonds. The van der Waals surface area contributed by atoms with Crippen molar-refractivity contribution in [3.8, 4) is 0 Å². The Morgan fingerprint density at radius 1 is 1.03 bits per heavy atom. The second-order valence-corrected chi connectivity index (χ2v) is 9.14. The molecule has 1 aliphatic rings. The molecule has 0 radical (unpaired) electrons. The topological polar surface area (TPSA) is 105 Å². The van der Waals surface area contributed by atoms with E-state index in [1.165, 1.54) is 12.3 Å². The molecule has 1 fully saturated rings. The van der Waals surface area contributed by atoms with Gasteiger partial charge in [-0.25, -0.2) is 8.42 Å². The molecular weight excluding hydrogens is 404 g/mol. The maximum atomic E-state index is 13.2. The normalized spacial score (nSPS) is 15.2. The van der Waals surface area contributed by atoms with Crippen LogP contribution in [0.3, 0.4) is 0 Å². The molecule has 1 aliphatic heterocycles. The van der Waals surface area contributed by atoms with Crippen molar-refractivity contribution in [2.45, 2.75) is 30.7 Å². The molecule has 0 atom stereocenters. The van der Waals surface area contributed by atoms with Gasteiger partial charge in [0, 0.05) is 49.2 Å². The predicted molar refractivity (Wildman–Crippen MR) is 115 cm³/mol. The van der Waals surface area contributed by atoms with Crippen molar-refractivity contribution >= 4 is 32.2 Å². The van der Waals surface area contributed by atoms with Gasteiger partial charge in [-0.3, -0.25) is 15.1 Å². The largest absolute Gasteiger partial charge is 0.380 e. The Morgan fingerprint density at radius 3 is 2.57 bits per heavy atom. The summed E-state index contributed by atoms with van der Waals surface area (Å²) in [4.78, 5) is 15.2. The van der Waals surface area contributed by atoms with Gasteiger partial charge in [0.15, 0.2) is 0 Å². The third-order valence-electron chi connectivity index (χ3n) is 5.37. The van der Waals surface area contributed by atoms with E-state index in [4.69, 9.17) is 0 Å². The minimum atomic E-state index is -3.56. The fourth-order valence-electron chi connectivity index (χ4n) is 3.82. The summed E-state index contributed by atoms with van der Waals surface area (Å²) >= 11 is 0. The van der Waals surface area contributed by atoms with Gasteiger partial charge in [0.25, 0.3) is 5.69 Å². The minimum Gasteiger partial charge on any atom is -0.380 e. The zero-order valence-electron chi connectivity index (χ0n) is 16.3. The Morgan fingerprint density at radius 2 is 1.80 bits per heavy atom. The highest BCUT2D eigenvalue weighted by atomic mass is 32.2. The summed E-state index contributed by atoms with van der Waals surface area (Å²) in [6.45, 7) is 1.37. The van der Waals surface area contributed by atoms with Crippen molar-refractivity contribution in [1.82, 2.24) is 9.29 Å². The summed E-state index contributed by atoms with van der Waals surface area (Å²) in [6, 6.07) is 11.8. The molecule has 30 heavy (non-hydrogen) atoms. The van der Waals surface area contributed by atoms with Crippen molar-refractivity contribution in [3.05, 3.63) is 70.5 Å². The van der Waals surface area contributed by atoms with Crippen LogP contribution in [0.2, 0.25) is 0 Å². The molecule has 0 aliphatic carbocycles. The van der Waals surface area contributed by atoms with E-state index in [2.05, 4.69) is 10.3 Å². The van der Waals surface area contributed by atoms with Crippen molar-refractivity contribution in [2.24, 2.45) is 0 Å². The molecule has 0 bridgehead atoms. The number of sulfonamides is 1. The number of nitro benzene ring substituents is 1. The van der Waals surface area contributed by atoms with Crippen LogP contribution in [-0.2, 0) is 16.6 Å². The van der Waals surface area contributed by atoms with Gasteiger partial charge in [0.05, 0.1) is 15.2 Å². The maximum absolute atomic E-state index is 13.2. The van der Waals surface area contributed by atoms with E-state index in [0.29, 0.717) is 40.0 Å².